The van der Waals surface area contributed by atoms with Crippen LogP contribution in [0.15, 0.2) is 212 Å². The number of anilines is 3. The zero-order valence-corrected chi connectivity index (χ0v) is 28.9. The van der Waals surface area contributed by atoms with Crippen molar-refractivity contribution in [2.45, 2.75) is 6.42 Å². The van der Waals surface area contributed by atoms with Gasteiger partial charge in [-0.1, -0.05) is 140 Å². The number of nitrogens with one attached hydrogen (secondary N) is 1. The Kier molecular flexibility index (Phi) is 8.26. The van der Waals surface area contributed by atoms with Crippen molar-refractivity contribution in [2.75, 3.05) is 10.0 Å². The standard InChI is InChI=1S/C48H38BN3/c1-35-42(36-17-8-9-18-36)25-12-10-19-38-20-11-14-28-45(38)52(49(35)50-39-21-4-2-5-22-39)41-33-31-37(32-34-41)43-27-16-30-47-48(43)44-26-13-15-29-46(44)51(47)40-23-6-3-7-24-40/h2-18,20-34,36,50H,1,19H2/b12-10-,42-25+. The minimum Gasteiger partial charge on any atom is -0.405 e. The molecular formula is C48H38BN3. The molecule has 3 nitrogen and oxygen atoms in total. The minimum atomic E-state index is -0.262. The third-order valence-electron chi connectivity index (χ3n) is 10.3. The van der Waals surface area contributed by atoms with Crippen LogP contribution in [0.2, 0.25) is 0 Å². The molecule has 2 heterocycles. The van der Waals surface area contributed by atoms with Gasteiger partial charge in [-0.2, -0.15) is 0 Å². The third-order valence-corrected chi connectivity index (χ3v) is 10.3. The van der Waals surface area contributed by atoms with Crippen molar-refractivity contribution < 1.29 is 0 Å². The zero-order valence-electron chi connectivity index (χ0n) is 28.9. The van der Waals surface area contributed by atoms with Gasteiger partial charge in [-0.15, -0.1) is 6.58 Å². The Balaban J connectivity index is 1.20. The van der Waals surface area contributed by atoms with Gasteiger partial charge >= 0.3 is 6.98 Å². The van der Waals surface area contributed by atoms with Crippen LogP contribution in [0.3, 0.4) is 0 Å². The molecular weight excluding hydrogens is 629 g/mol. The van der Waals surface area contributed by atoms with E-state index in [1.165, 1.54) is 44.1 Å². The smallest absolute Gasteiger partial charge is 0.405 e. The minimum absolute atomic E-state index is 0.162. The van der Waals surface area contributed by atoms with Gasteiger partial charge in [0.05, 0.1) is 11.0 Å². The lowest BCUT2D eigenvalue weighted by molar-refractivity contribution is 1.01. The van der Waals surface area contributed by atoms with Gasteiger partial charge in [0.1, 0.15) is 0 Å². The van der Waals surface area contributed by atoms with E-state index in [0.29, 0.717) is 0 Å². The zero-order chi connectivity index (χ0) is 34.9. The summed E-state index contributed by atoms with van der Waals surface area (Å²) in [5, 5.41) is 6.42. The van der Waals surface area contributed by atoms with Gasteiger partial charge < -0.3 is 14.6 Å². The second-order valence-corrected chi connectivity index (χ2v) is 13.4. The normalized spacial score (nSPS) is 16.2. The summed E-state index contributed by atoms with van der Waals surface area (Å²) in [4.78, 5) is 2.44. The van der Waals surface area contributed by atoms with Gasteiger partial charge in [0.2, 0.25) is 0 Å². The molecule has 1 aromatic heterocycles. The second kappa shape index (κ2) is 13.7. The topological polar surface area (TPSA) is 20.2 Å². The van der Waals surface area contributed by atoms with Crippen molar-refractivity contribution in [3.8, 4) is 16.8 Å². The van der Waals surface area contributed by atoms with Gasteiger partial charge in [-0.25, -0.2) is 0 Å². The van der Waals surface area contributed by atoms with Crippen LogP contribution in [0.5, 0.6) is 0 Å². The molecule has 9 rings (SSSR count). The average Bonchev–Trinajstić information content (AvgIpc) is 3.86. The molecule has 7 aromatic rings. The Labute approximate surface area is 306 Å². The lowest BCUT2D eigenvalue weighted by Gasteiger charge is -2.36. The molecule has 0 bridgehead atoms. The highest BCUT2D eigenvalue weighted by atomic mass is 15.1. The number of allylic oxidation sites excluding steroid dienone is 9. The number of rotatable bonds is 6. The largest absolute Gasteiger partial charge is 0.413 e. The molecule has 4 heteroatoms. The summed E-state index contributed by atoms with van der Waals surface area (Å²) >= 11 is 0. The monoisotopic (exact) mass is 667 g/mol. The van der Waals surface area contributed by atoms with Crippen molar-refractivity contribution in [1.82, 2.24) is 4.57 Å². The van der Waals surface area contributed by atoms with Crippen LogP contribution in [-0.4, -0.2) is 11.5 Å². The summed E-state index contributed by atoms with van der Waals surface area (Å²) in [6, 6.07) is 54.4. The van der Waals surface area contributed by atoms with Gasteiger partial charge in [-0.3, -0.25) is 0 Å². The molecule has 1 aliphatic heterocycles. The summed E-state index contributed by atoms with van der Waals surface area (Å²) in [7, 11) is 0. The SMILES string of the molecule is C=C1B(Nc2ccccc2)N(c2ccc(-c3cccc4c3c3ccccc3n4-c3ccccc3)cc2)c2ccccc2C/C=C\C=C/1C1C=CC=C1. The average molecular weight is 668 g/mol. The Morgan fingerprint density at radius 3 is 2.12 bits per heavy atom. The van der Waals surface area contributed by atoms with Crippen LogP contribution in [0.4, 0.5) is 17.1 Å². The fourth-order valence-electron chi connectivity index (χ4n) is 7.86. The fourth-order valence-corrected chi connectivity index (χ4v) is 7.86. The highest BCUT2D eigenvalue weighted by Crippen LogP contribution is 2.41. The summed E-state index contributed by atoms with van der Waals surface area (Å²) < 4.78 is 2.38. The van der Waals surface area contributed by atoms with E-state index < -0.39 is 0 Å². The molecule has 2 aliphatic rings. The van der Waals surface area contributed by atoms with Crippen LogP contribution >= 0.6 is 0 Å². The van der Waals surface area contributed by atoms with Crippen molar-refractivity contribution in [3.05, 3.63) is 217 Å². The van der Waals surface area contributed by atoms with Crippen LogP contribution in [0, 0.1) is 5.92 Å². The van der Waals surface area contributed by atoms with Crippen molar-refractivity contribution in [3.63, 3.8) is 0 Å². The molecule has 0 atom stereocenters. The first-order chi connectivity index (χ1) is 25.7. The molecule has 0 unspecified atom stereocenters. The van der Waals surface area contributed by atoms with Gasteiger partial charge in [0, 0.05) is 39.4 Å². The van der Waals surface area contributed by atoms with E-state index in [9.17, 15) is 0 Å². The van der Waals surface area contributed by atoms with Crippen LogP contribution in [0.25, 0.3) is 38.6 Å². The number of nitrogens with zero attached hydrogens (tertiary/aromatic N) is 2. The molecule has 52 heavy (non-hydrogen) atoms. The van der Waals surface area contributed by atoms with Crippen LogP contribution in [0.1, 0.15) is 5.56 Å². The maximum atomic E-state index is 4.82. The number of aromatic nitrogens is 1. The van der Waals surface area contributed by atoms with Gasteiger partial charge in [-0.05, 0) is 88.8 Å². The van der Waals surface area contributed by atoms with E-state index in [1.807, 2.05) is 0 Å². The van der Waals surface area contributed by atoms with Crippen LogP contribution < -0.4 is 10.0 Å². The predicted octanol–water partition coefficient (Wildman–Crippen LogP) is 12.1. The fraction of sp³-hybridized carbons (Fsp3) is 0.0417. The molecule has 0 spiro atoms. The molecule has 0 saturated heterocycles. The van der Waals surface area contributed by atoms with Crippen molar-refractivity contribution in [2.24, 2.45) is 5.92 Å². The number of para-hydroxylation sites is 4. The number of benzene rings is 6. The van der Waals surface area contributed by atoms with E-state index in [0.717, 1.165) is 34.6 Å². The quantitative estimate of drug-likeness (QED) is 0.178. The molecule has 0 radical (unpaired) electrons. The molecule has 1 aliphatic carbocycles. The highest BCUT2D eigenvalue weighted by Gasteiger charge is 2.34. The summed E-state index contributed by atoms with van der Waals surface area (Å²) in [6.45, 7) is 4.56. The molecule has 0 amide bonds. The maximum absolute atomic E-state index is 4.82. The molecule has 6 aromatic carbocycles. The van der Waals surface area contributed by atoms with Crippen molar-refractivity contribution >= 4 is 45.9 Å². The Morgan fingerprint density at radius 1 is 0.615 bits per heavy atom. The molecule has 0 fully saturated rings. The number of fused-ring (bicyclic) bond motifs is 4. The lowest BCUT2D eigenvalue weighted by Crippen LogP contribution is -2.46. The van der Waals surface area contributed by atoms with Gasteiger partial charge in [0.15, 0.2) is 0 Å². The van der Waals surface area contributed by atoms with Gasteiger partial charge in [0.25, 0.3) is 0 Å². The van der Waals surface area contributed by atoms with E-state index in [2.05, 4.69) is 209 Å². The Hall–Kier alpha value is -6.52. The first kappa shape index (κ1) is 31.5. The number of hydrogen-bond donors (Lipinski definition) is 1. The van der Waals surface area contributed by atoms with E-state index >= 15 is 0 Å². The summed E-state index contributed by atoms with van der Waals surface area (Å²) in [5.74, 6) is 0.162. The van der Waals surface area contributed by atoms with Crippen molar-refractivity contribution in [1.29, 1.82) is 0 Å². The molecule has 1 N–H and O–H groups in total. The van der Waals surface area contributed by atoms with E-state index in [4.69, 9.17) is 6.58 Å². The number of hydrogen-bond acceptors (Lipinski definition) is 2. The third kappa shape index (κ3) is 5.69. The maximum Gasteiger partial charge on any atom is 0.413 e. The molecule has 0 saturated carbocycles. The summed E-state index contributed by atoms with van der Waals surface area (Å²) in [5.41, 5.74) is 12.7. The molecule has 248 valence electrons. The predicted molar refractivity (Wildman–Crippen MR) is 222 cm³/mol. The first-order valence-corrected chi connectivity index (χ1v) is 18.0. The Bertz CT molecular complexity index is 2530. The van der Waals surface area contributed by atoms with Crippen LogP contribution in [-0.2, 0) is 6.42 Å². The van der Waals surface area contributed by atoms with E-state index in [1.54, 1.807) is 0 Å². The summed E-state index contributed by atoms with van der Waals surface area (Å²) in [6.07, 6.45) is 16.3. The Morgan fingerprint density at radius 2 is 1.31 bits per heavy atom. The van der Waals surface area contributed by atoms with E-state index in [-0.39, 0.29) is 12.9 Å². The highest BCUT2D eigenvalue weighted by molar-refractivity contribution is 6.76. The first-order valence-electron chi connectivity index (χ1n) is 18.0. The lowest BCUT2D eigenvalue weighted by atomic mass is 9.60. The second-order valence-electron chi connectivity index (χ2n) is 13.4.